The molecule has 21 heavy (non-hydrogen) atoms. The summed E-state index contributed by atoms with van der Waals surface area (Å²) in [6.07, 6.45) is 5.93. The Balaban J connectivity index is 2.63. The molecular formula is C15H19ClN4O. The molecule has 0 bridgehead atoms. The first-order valence-electron chi connectivity index (χ1n) is 6.80. The number of likely N-dealkylation sites (N-methyl/N-ethyl adjacent to an activating group) is 1. The van der Waals surface area contributed by atoms with Crippen LogP contribution < -0.4 is 5.32 Å². The average Bonchev–Trinajstić information content (AvgIpc) is 2.54. The zero-order valence-electron chi connectivity index (χ0n) is 12.1. The topological polar surface area (TPSA) is 69.0 Å². The van der Waals surface area contributed by atoms with Crippen molar-refractivity contribution in [3.63, 3.8) is 0 Å². The molecule has 0 aliphatic rings. The molecule has 1 N–H and O–H groups in total. The number of pyridine rings is 1. The smallest absolute Gasteiger partial charge is 0.263 e. The van der Waals surface area contributed by atoms with Crippen molar-refractivity contribution in [2.24, 2.45) is 0 Å². The fraction of sp³-hybridized carbons (Fsp3) is 0.400. The predicted octanol–water partition coefficient (Wildman–Crippen LogP) is 1.71. The molecule has 0 aromatic carbocycles. The van der Waals surface area contributed by atoms with E-state index in [0.717, 1.165) is 19.5 Å². The van der Waals surface area contributed by atoms with E-state index in [9.17, 15) is 4.79 Å². The van der Waals surface area contributed by atoms with Crippen LogP contribution in [0.4, 0.5) is 0 Å². The number of carbonyl (C=O) groups excluding carboxylic acids is 1. The summed E-state index contributed by atoms with van der Waals surface area (Å²) in [5.41, 5.74) is 1.26. The Bertz CT molecular complexity index is 510. The molecule has 1 aromatic heterocycles. The molecule has 0 aliphatic carbocycles. The molecule has 5 nitrogen and oxygen atoms in total. The number of hydrogen-bond acceptors (Lipinski definition) is 4. The molecule has 0 saturated heterocycles. The minimum Gasteiger partial charge on any atom is -0.376 e. The van der Waals surface area contributed by atoms with Gasteiger partial charge in [-0.25, -0.2) is 0 Å². The van der Waals surface area contributed by atoms with Crippen molar-refractivity contribution in [1.82, 2.24) is 15.2 Å². The first-order valence-corrected chi connectivity index (χ1v) is 7.33. The van der Waals surface area contributed by atoms with Crippen molar-refractivity contribution in [3.8, 4) is 6.07 Å². The number of amides is 1. The minimum atomic E-state index is -0.388. The summed E-state index contributed by atoms with van der Waals surface area (Å²) in [5.74, 6) is -0.0650. The highest BCUT2D eigenvalue weighted by molar-refractivity contribution is 6.18. The first-order chi connectivity index (χ1) is 10.2. The number of nitrogens with one attached hydrogen (secondary N) is 1. The van der Waals surface area contributed by atoms with Crippen molar-refractivity contribution < 1.29 is 4.79 Å². The molecule has 0 aliphatic heterocycles. The van der Waals surface area contributed by atoms with Crippen LogP contribution in [0.5, 0.6) is 0 Å². The van der Waals surface area contributed by atoms with Crippen LogP contribution in [0.25, 0.3) is 0 Å². The van der Waals surface area contributed by atoms with Crippen molar-refractivity contribution in [1.29, 1.82) is 5.26 Å². The number of nitrogens with zero attached hydrogens (tertiary/aromatic N) is 3. The Morgan fingerprint density at radius 1 is 1.52 bits per heavy atom. The van der Waals surface area contributed by atoms with E-state index in [0.29, 0.717) is 12.4 Å². The molecule has 0 unspecified atom stereocenters. The van der Waals surface area contributed by atoms with Gasteiger partial charge in [0.2, 0.25) is 0 Å². The van der Waals surface area contributed by atoms with Crippen LogP contribution >= 0.6 is 11.6 Å². The summed E-state index contributed by atoms with van der Waals surface area (Å²) >= 11 is 5.51. The van der Waals surface area contributed by atoms with E-state index >= 15 is 0 Å². The number of alkyl halides is 1. The van der Waals surface area contributed by atoms with Gasteiger partial charge in [-0.15, -0.1) is 11.6 Å². The Labute approximate surface area is 130 Å². The van der Waals surface area contributed by atoms with Crippen molar-refractivity contribution >= 4 is 17.5 Å². The maximum Gasteiger partial charge on any atom is 0.263 e. The van der Waals surface area contributed by atoms with Gasteiger partial charge in [-0.1, -0.05) is 0 Å². The van der Waals surface area contributed by atoms with Gasteiger partial charge in [-0.05, 0) is 31.0 Å². The lowest BCUT2D eigenvalue weighted by molar-refractivity contribution is -0.117. The SMILES string of the molecule is CCN(/C=C(/C#N)C(=O)NCCCl)CCc1ccncc1. The van der Waals surface area contributed by atoms with Crippen LogP contribution in [-0.2, 0) is 11.2 Å². The lowest BCUT2D eigenvalue weighted by Gasteiger charge is -2.18. The molecular weight excluding hydrogens is 288 g/mol. The average molecular weight is 307 g/mol. The zero-order chi connectivity index (χ0) is 15.5. The van der Waals surface area contributed by atoms with Gasteiger partial charge >= 0.3 is 0 Å². The summed E-state index contributed by atoms with van der Waals surface area (Å²) in [7, 11) is 0. The van der Waals surface area contributed by atoms with Gasteiger partial charge < -0.3 is 10.2 Å². The number of aromatic nitrogens is 1. The lowest BCUT2D eigenvalue weighted by Crippen LogP contribution is -2.28. The number of rotatable bonds is 8. The minimum absolute atomic E-state index is 0.0942. The Morgan fingerprint density at radius 2 is 2.24 bits per heavy atom. The summed E-state index contributed by atoms with van der Waals surface area (Å²) in [5, 5.41) is 11.7. The summed E-state index contributed by atoms with van der Waals surface area (Å²) in [6, 6.07) is 5.84. The predicted molar refractivity (Wildman–Crippen MR) is 82.6 cm³/mol. The quantitative estimate of drug-likeness (QED) is 0.451. The summed E-state index contributed by atoms with van der Waals surface area (Å²) in [4.78, 5) is 17.7. The second-order valence-corrected chi connectivity index (χ2v) is 4.71. The van der Waals surface area contributed by atoms with Crippen molar-refractivity contribution in [2.75, 3.05) is 25.5 Å². The lowest BCUT2D eigenvalue weighted by atomic mass is 10.2. The third kappa shape index (κ3) is 6.28. The Morgan fingerprint density at radius 3 is 2.81 bits per heavy atom. The van der Waals surface area contributed by atoms with Gasteiger partial charge in [-0.2, -0.15) is 5.26 Å². The van der Waals surface area contributed by atoms with Crippen LogP contribution in [0.15, 0.2) is 36.3 Å². The highest BCUT2D eigenvalue weighted by atomic mass is 35.5. The van der Waals surface area contributed by atoms with Crippen molar-refractivity contribution in [3.05, 3.63) is 41.9 Å². The van der Waals surface area contributed by atoms with E-state index in [1.54, 1.807) is 18.6 Å². The van der Waals surface area contributed by atoms with Gasteiger partial charge in [0, 0.05) is 44.1 Å². The standard InChI is InChI=1S/C15H19ClN4O/c1-2-20(10-5-13-3-7-18-8-4-13)12-14(11-17)15(21)19-9-6-16/h3-4,7-8,12H,2,5-6,9-10H2,1H3,(H,19,21)/b14-12-. The molecule has 1 rings (SSSR count). The number of nitriles is 1. The molecule has 0 radical (unpaired) electrons. The second kappa shape index (κ2) is 9.78. The van der Waals surface area contributed by atoms with Crippen LogP contribution in [0.3, 0.4) is 0 Å². The molecule has 0 fully saturated rings. The molecule has 0 atom stereocenters. The van der Waals surface area contributed by atoms with E-state index < -0.39 is 0 Å². The van der Waals surface area contributed by atoms with Gasteiger partial charge in [0.1, 0.15) is 11.6 Å². The molecule has 1 heterocycles. The van der Waals surface area contributed by atoms with Gasteiger partial charge in [0.15, 0.2) is 0 Å². The van der Waals surface area contributed by atoms with E-state index in [2.05, 4.69) is 10.3 Å². The first kappa shape index (κ1) is 17.0. The largest absolute Gasteiger partial charge is 0.376 e. The molecule has 1 aromatic rings. The molecule has 0 saturated carbocycles. The van der Waals surface area contributed by atoms with Crippen molar-refractivity contribution in [2.45, 2.75) is 13.3 Å². The Kier molecular flexibility index (Phi) is 7.92. The van der Waals surface area contributed by atoms with Crippen LogP contribution in [0.1, 0.15) is 12.5 Å². The summed E-state index contributed by atoms with van der Waals surface area (Å²) < 4.78 is 0. The second-order valence-electron chi connectivity index (χ2n) is 4.33. The fourth-order valence-electron chi connectivity index (χ4n) is 1.71. The molecule has 1 amide bonds. The highest BCUT2D eigenvalue weighted by Gasteiger charge is 2.10. The molecule has 0 spiro atoms. The third-order valence-electron chi connectivity index (χ3n) is 2.90. The monoisotopic (exact) mass is 306 g/mol. The van der Waals surface area contributed by atoms with E-state index in [1.807, 2.05) is 30.0 Å². The zero-order valence-corrected chi connectivity index (χ0v) is 12.8. The maximum atomic E-state index is 11.8. The Hall–Kier alpha value is -2.06. The number of halogens is 1. The molecule has 6 heteroatoms. The number of hydrogen-bond donors (Lipinski definition) is 1. The highest BCUT2D eigenvalue weighted by Crippen LogP contribution is 2.03. The van der Waals surface area contributed by atoms with E-state index in [-0.39, 0.29) is 11.5 Å². The van der Waals surface area contributed by atoms with Gasteiger partial charge in [0.05, 0.1) is 0 Å². The van der Waals surface area contributed by atoms with Gasteiger partial charge in [0.25, 0.3) is 5.91 Å². The van der Waals surface area contributed by atoms with E-state index in [1.165, 1.54) is 5.56 Å². The number of carbonyl (C=O) groups is 1. The van der Waals surface area contributed by atoms with E-state index in [4.69, 9.17) is 16.9 Å². The summed E-state index contributed by atoms with van der Waals surface area (Å²) in [6.45, 7) is 3.78. The third-order valence-corrected chi connectivity index (χ3v) is 3.09. The molecule has 112 valence electrons. The fourth-order valence-corrected chi connectivity index (χ4v) is 1.81. The normalized spacial score (nSPS) is 10.8. The maximum absolute atomic E-state index is 11.8. The van der Waals surface area contributed by atoms with Crippen LogP contribution in [0, 0.1) is 11.3 Å². The van der Waals surface area contributed by atoms with Crippen LogP contribution in [0.2, 0.25) is 0 Å². The van der Waals surface area contributed by atoms with Crippen LogP contribution in [-0.4, -0.2) is 41.3 Å². The van der Waals surface area contributed by atoms with Gasteiger partial charge in [-0.3, -0.25) is 9.78 Å².